The van der Waals surface area contributed by atoms with Crippen LogP contribution in [0.1, 0.15) is 11.1 Å². The van der Waals surface area contributed by atoms with Gasteiger partial charge in [-0.05, 0) is 67.2 Å². The van der Waals surface area contributed by atoms with E-state index in [9.17, 15) is 0 Å². The Morgan fingerprint density at radius 2 is 1.80 bits per heavy atom. The normalized spacial score (nSPS) is 10.6. The summed E-state index contributed by atoms with van der Waals surface area (Å²) in [7, 11) is 0. The zero-order valence-electron chi connectivity index (χ0n) is 16.5. The highest BCUT2D eigenvalue weighted by Gasteiger charge is 2.04. The van der Waals surface area contributed by atoms with Gasteiger partial charge in [-0.15, -0.1) is 0 Å². The van der Waals surface area contributed by atoms with Gasteiger partial charge in [0.25, 0.3) is 0 Å². The van der Waals surface area contributed by atoms with Crippen molar-refractivity contribution in [3.05, 3.63) is 88.4 Å². The molecular weight excluding hydrogens is 462 g/mol. The molecule has 7 heteroatoms. The number of para-hydroxylation sites is 1. The number of benzene rings is 3. The predicted molar refractivity (Wildman–Crippen MR) is 130 cm³/mol. The number of nitrogens with one attached hydrogen (secondary N) is 2. The first-order valence-electron chi connectivity index (χ1n) is 9.37. The summed E-state index contributed by atoms with van der Waals surface area (Å²) in [5, 5.41) is 7.68. The van der Waals surface area contributed by atoms with Crippen molar-refractivity contribution in [1.29, 1.82) is 0 Å². The second kappa shape index (κ2) is 11.3. The number of hydrogen-bond acceptors (Lipinski definition) is 4. The lowest BCUT2D eigenvalue weighted by atomic mass is 10.2. The van der Waals surface area contributed by atoms with Crippen LogP contribution in [-0.2, 0) is 0 Å². The molecule has 0 saturated heterocycles. The predicted octanol–water partition coefficient (Wildman–Crippen LogP) is 5.54. The van der Waals surface area contributed by atoms with Crippen molar-refractivity contribution in [2.75, 3.05) is 18.5 Å². The molecule has 0 aliphatic carbocycles. The minimum atomic E-state index is 0.404. The van der Waals surface area contributed by atoms with Crippen LogP contribution in [0.3, 0.4) is 0 Å². The summed E-state index contributed by atoms with van der Waals surface area (Å²) < 4.78 is 12.5. The summed E-state index contributed by atoms with van der Waals surface area (Å²) in [6.45, 7) is 2.89. The van der Waals surface area contributed by atoms with Crippen LogP contribution in [0.4, 0.5) is 5.69 Å². The van der Waals surface area contributed by atoms with E-state index in [1.165, 1.54) is 0 Å². The number of thiocarbonyl (C=S) groups is 1. The molecule has 5 nitrogen and oxygen atoms in total. The molecule has 3 aromatic rings. The van der Waals surface area contributed by atoms with Crippen molar-refractivity contribution in [2.24, 2.45) is 5.10 Å². The van der Waals surface area contributed by atoms with E-state index in [2.05, 4.69) is 31.8 Å². The van der Waals surface area contributed by atoms with Crippen LogP contribution >= 0.6 is 28.1 Å². The molecule has 0 atom stereocenters. The number of rotatable bonds is 8. The third kappa shape index (κ3) is 7.17. The van der Waals surface area contributed by atoms with Gasteiger partial charge in [0.15, 0.2) is 5.11 Å². The van der Waals surface area contributed by atoms with Crippen molar-refractivity contribution in [1.82, 2.24) is 5.43 Å². The highest BCUT2D eigenvalue weighted by atomic mass is 79.9. The standard InChI is InChI=1S/C23H22BrN3O2S/c1-17-6-5-9-21(14-17)28-12-13-29-22-11-10-19(24)15-18(22)16-25-27-23(30)26-20-7-3-2-4-8-20/h2-11,14-16H,12-13H2,1H3,(H2,26,27,30). The van der Waals surface area contributed by atoms with Crippen LogP contribution in [0.2, 0.25) is 0 Å². The molecule has 0 spiro atoms. The molecule has 0 bridgehead atoms. The van der Waals surface area contributed by atoms with Gasteiger partial charge < -0.3 is 14.8 Å². The minimum absolute atomic E-state index is 0.404. The number of hydrazone groups is 1. The SMILES string of the molecule is Cc1cccc(OCCOc2ccc(Br)cc2C=NNC(=S)Nc2ccccc2)c1. The topological polar surface area (TPSA) is 54.9 Å². The fraction of sp³-hybridized carbons (Fsp3) is 0.130. The van der Waals surface area contributed by atoms with Gasteiger partial charge in [-0.3, -0.25) is 5.43 Å². The number of aryl methyl sites for hydroxylation is 1. The Labute approximate surface area is 190 Å². The smallest absolute Gasteiger partial charge is 0.191 e. The van der Waals surface area contributed by atoms with Crippen molar-refractivity contribution in [2.45, 2.75) is 6.92 Å². The van der Waals surface area contributed by atoms with E-state index < -0.39 is 0 Å². The van der Waals surface area contributed by atoms with Gasteiger partial charge in [0, 0.05) is 15.7 Å². The average Bonchev–Trinajstić information content (AvgIpc) is 2.73. The number of hydrogen-bond donors (Lipinski definition) is 2. The summed E-state index contributed by atoms with van der Waals surface area (Å²) in [4.78, 5) is 0. The molecule has 0 saturated carbocycles. The van der Waals surface area contributed by atoms with E-state index >= 15 is 0 Å². The summed E-state index contributed by atoms with van der Waals surface area (Å²) in [6.07, 6.45) is 1.67. The maximum Gasteiger partial charge on any atom is 0.191 e. The molecule has 30 heavy (non-hydrogen) atoms. The maximum absolute atomic E-state index is 5.88. The van der Waals surface area contributed by atoms with Crippen LogP contribution in [0, 0.1) is 6.92 Å². The van der Waals surface area contributed by atoms with Gasteiger partial charge in [0.2, 0.25) is 0 Å². The van der Waals surface area contributed by atoms with Crippen LogP contribution in [0.5, 0.6) is 11.5 Å². The molecule has 3 aromatic carbocycles. The Kier molecular flexibility index (Phi) is 8.23. The van der Waals surface area contributed by atoms with Gasteiger partial charge in [0.1, 0.15) is 24.7 Å². The van der Waals surface area contributed by atoms with Crippen molar-refractivity contribution in [3.63, 3.8) is 0 Å². The first kappa shape index (κ1) is 21.8. The Bertz CT molecular complexity index is 1010. The van der Waals surface area contributed by atoms with E-state index in [0.29, 0.717) is 24.1 Å². The number of nitrogens with zero attached hydrogens (tertiary/aromatic N) is 1. The fourth-order valence-corrected chi connectivity index (χ4v) is 3.16. The summed E-state index contributed by atoms with van der Waals surface area (Å²) >= 11 is 8.74. The molecule has 0 aliphatic rings. The summed E-state index contributed by atoms with van der Waals surface area (Å²) in [5.41, 5.74) is 5.68. The molecule has 0 aromatic heterocycles. The molecule has 0 radical (unpaired) electrons. The van der Waals surface area contributed by atoms with Gasteiger partial charge in [-0.25, -0.2) is 0 Å². The van der Waals surface area contributed by atoms with Crippen LogP contribution < -0.4 is 20.2 Å². The number of anilines is 1. The molecule has 0 fully saturated rings. The van der Waals surface area contributed by atoms with Crippen LogP contribution in [-0.4, -0.2) is 24.5 Å². The lowest BCUT2D eigenvalue weighted by Gasteiger charge is -2.11. The monoisotopic (exact) mass is 483 g/mol. The third-order valence-corrected chi connectivity index (χ3v) is 4.66. The second-order valence-electron chi connectivity index (χ2n) is 6.39. The highest BCUT2D eigenvalue weighted by Crippen LogP contribution is 2.22. The summed E-state index contributed by atoms with van der Waals surface area (Å²) in [6, 6.07) is 23.3. The molecule has 0 unspecified atom stereocenters. The van der Waals surface area contributed by atoms with E-state index in [4.69, 9.17) is 21.7 Å². The Morgan fingerprint density at radius 1 is 1.00 bits per heavy atom. The maximum atomic E-state index is 5.88. The molecule has 2 N–H and O–H groups in total. The second-order valence-corrected chi connectivity index (χ2v) is 7.71. The van der Waals surface area contributed by atoms with Crippen LogP contribution in [0.15, 0.2) is 82.4 Å². The zero-order valence-corrected chi connectivity index (χ0v) is 18.9. The van der Waals surface area contributed by atoms with Gasteiger partial charge in [-0.1, -0.05) is 46.3 Å². The minimum Gasteiger partial charge on any atom is -0.490 e. The molecule has 0 amide bonds. The Morgan fingerprint density at radius 3 is 2.60 bits per heavy atom. The van der Waals surface area contributed by atoms with E-state index in [1.807, 2.05) is 79.7 Å². The largest absolute Gasteiger partial charge is 0.490 e. The van der Waals surface area contributed by atoms with Crippen molar-refractivity contribution >= 4 is 45.2 Å². The quantitative estimate of drug-likeness (QED) is 0.191. The van der Waals surface area contributed by atoms with Crippen molar-refractivity contribution < 1.29 is 9.47 Å². The molecule has 0 heterocycles. The number of ether oxygens (including phenoxy) is 2. The zero-order chi connectivity index (χ0) is 21.2. The van der Waals surface area contributed by atoms with E-state index in [1.54, 1.807) is 6.21 Å². The van der Waals surface area contributed by atoms with Crippen molar-refractivity contribution in [3.8, 4) is 11.5 Å². The first-order valence-corrected chi connectivity index (χ1v) is 10.6. The lowest BCUT2D eigenvalue weighted by molar-refractivity contribution is 0.217. The first-order chi connectivity index (χ1) is 14.6. The van der Waals surface area contributed by atoms with Gasteiger partial charge >= 0.3 is 0 Å². The Hall–Kier alpha value is -2.90. The lowest BCUT2D eigenvalue weighted by Crippen LogP contribution is -2.23. The molecule has 3 rings (SSSR count). The van der Waals surface area contributed by atoms with E-state index in [0.717, 1.165) is 27.0 Å². The third-order valence-electron chi connectivity index (χ3n) is 3.97. The molecular formula is C23H22BrN3O2S. The number of halogens is 1. The van der Waals surface area contributed by atoms with Crippen LogP contribution in [0.25, 0.3) is 0 Å². The average molecular weight is 484 g/mol. The Balaban J connectivity index is 1.52. The molecule has 154 valence electrons. The molecule has 0 aliphatic heterocycles. The highest BCUT2D eigenvalue weighted by molar-refractivity contribution is 9.10. The van der Waals surface area contributed by atoms with E-state index in [-0.39, 0.29) is 0 Å². The summed E-state index contributed by atoms with van der Waals surface area (Å²) in [5.74, 6) is 1.54. The van der Waals surface area contributed by atoms with Gasteiger partial charge in [-0.2, -0.15) is 5.10 Å². The fourth-order valence-electron chi connectivity index (χ4n) is 2.61. The van der Waals surface area contributed by atoms with Gasteiger partial charge in [0.05, 0.1) is 6.21 Å².